The maximum absolute atomic E-state index is 13.6. The van der Waals surface area contributed by atoms with Crippen LogP contribution in [0.3, 0.4) is 0 Å². The molecule has 1 saturated heterocycles. The molecule has 1 aliphatic heterocycles. The zero-order valence-electron chi connectivity index (χ0n) is 16.9. The quantitative estimate of drug-likeness (QED) is 0.406. The minimum atomic E-state index is 0.00327. The zero-order chi connectivity index (χ0) is 21.2. The molecule has 31 heavy (non-hydrogen) atoms. The molecule has 1 unspecified atom stereocenters. The van der Waals surface area contributed by atoms with Crippen LogP contribution in [0.1, 0.15) is 35.6 Å². The molecular weight excluding hydrogens is 424 g/mol. The van der Waals surface area contributed by atoms with E-state index >= 15 is 0 Å². The third-order valence-corrected chi connectivity index (χ3v) is 6.87. The van der Waals surface area contributed by atoms with Crippen molar-refractivity contribution >= 4 is 46.2 Å². The number of nitrogens with zero attached hydrogens (tertiary/aromatic N) is 2. The van der Waals surface area contributed by atoms with Crippen LogP contribution in [0.4, 0.5) is 5.69 Å². The lowest BCUT2D eigenvalue weighted by molar-refractivity contribution is -0.124. The van der Waals surface area contributed by atoms with Gasteiger partial charge >= 0.3 is 0 Å². The third-order valence-electron chi connectivity index (χ3n) is 5.64. The highest BCUT2D eigenvalue weighted by atomic mass is 35.5. The van der Waals surface area contributed by atoms with Crippen LogP contribution in [0.25, 0.3) is 6.08 Å². The first-order valence-electron chi connectivity index (χ1n) is 10.4. The number of carbonyl (C=O) groups excluding carboxylic acids is 1. The predicted molar refractivity (Wildman–Crippen MR) is 130 cm³/mol. The van der Waals surface area contributed by atoms with E-state index in [2.05, 4.69) is 24.3 Å². The van der Waals surface area contributed by atoms with Crippen molar-refractivity contribution in [1.82, 2.24) is 4.90 Å². The minimum absolute atomic E-state index is 0.00327. The second-order valence-electron chi connectivity index (χ2n) is 7.67. The Morgan fingerprint density at radius 1 is 0.968 bits per heavy atom. The van der Waals surface area contributed by atoms with Crippen LogP contribution in [-0.2, 0) is 11.2 Å². The molecule has 0 spiro atoms. The standard InChI is InChI=1S/C26H21ClN2OS/c27-20-15-13-18(14-16-20)17-24-25(30)29(26(31-24)28-21-9-2-1-3-10-21)23-12-6-8-19-7-4-5-11-22(19)23/h1-5,7,9-11,13-17,23H,6,8,12H2/b24-17-,28-26?. The number of benzene rings is 3. The molecule has 1 amide bonds. The number of para-hydroxylation sites is 1. The van der Waals surface area contributed by atoms with Crippen molar-refractivity contribution in [3.8, 4) is 0 Å². The first kappa shape index (κ1) is 20.1. The summed E-state index contributed by atoms with van der Waals surface area (Å²) in [7, 11) is 0. The maximum Gasteiger partial charge on any atom is 0.267 e. The molecule has 1 fully saturated rings. The van der Waals surface area contributed by atoms with Crippen molar-refractivity contribution < 1.29 is 4.79 Å². The highest BCUT2D eigenvalue weighted by Gasteiger charge is 2.40. The summed E-state index contributed by atoms with van der Waals surface area (Å²) in [5, 5.41) is 1.41. The van der Waals surface area contributed by atoms with E-state index in [0.29, 0.717) is 9.93 Å². The predicted octanol–water partition coefficient (Wildman–Crippen LogP) is 7.02. The molecule has 0 N–H and O–H groups in total. The van der Waals surface area contributed by atoms with Gasteiger partial charge in [-0.25, -0.2) is 4.99 Å². The number of carbonyl (C=O) groups is 1. The van der Waals surface area contributed by atoms with Gasteiger partial charge < -0.3 is 0 Å². The zero-order valence-corrected chi connectivity index (χ0v) is 18.4. The molecule has 3 aromatic carbocycles. The second-order valence-corrected chi connectivity index (χ2v) is 9.12. The number of hydrogen-bond acceptors (Lipinski definition) is 3. The summed E-state index contributed by atoms with van der Waals surface area (Å²) in [5.74, 6) is 0.0105. The minimum Gasteiger partial charge on any atom is -0.279 e. The van der Waals surface area contributed by atoms with Gasteiger partial charge in [0.1, 0.15) is 0 Å². The number of rotatable bonds is 3. The Labute approximate surface area is 191 Å². The number of amidine groups is 1. The topological polar surface area (TPSA) is 32.7 Å². The smallest absolute Gasteiger partial charge is 0.267 e. The number of hydrogen-bond donors (Lipinski definition) is 0. The number of aliphatic imine (C=N–C) groups is 1. The van der Waals surface area contributed by atoms with E-state index in [4.69, 9.17) is 16.6 Å². The molecule has 2 aliphatic rings. The van der Waals surface area contributed by atoms with Crippen molar-refractivity contribution in [2.45, 2.75) is 25.3 Å². The van der Waals surface area contributed by atoms with Gasteiger partial charge in [0.05, 0.1) is 16.6 Å². The molecule has 1 aliphatic carbocycles. The van der Waals surface area contributed by atoms with Gasteiger partial charge in [0, 0.05) is 5.02 Å². The summed E-state index contributed by atoms with van der Waals surface area (Å²) in [6.07, 6.45) is 4.98. The maximum atomic E-state index is 13.6. The monoisotopic (exact) mass is 444 g/mol. The van der Waals surface area contributed by atoms with Crippen molar-refractivity contribution in [3.05, 3.63) is 105 Å². The van der Waals surface area contributed by atoms with Crippen LogP contribution in [0.15, 0.2) is 88.8 Å². The number of fused-ring (bicyclic) bond motifs is 1. The van der Waals surface area contributed by atoms with Crippen LogP contribution in [0.2, 0.25) is 5.02 Å². The normalized spacial score (nSPS) is 21.0. The number of aryl methyl sites for hydroxylation is 1. The Kier molecular flexibility index (Phi) is 5.66. The average Bonchev–Trinajstić information content (AvgIpc) is 3.10. The van der Waals surface area contributed by atoms with E-state index in [9.17, 15) is 4.79 Å². The molecule has 5 heteroatoms. The summed E-state index contributed by atoms with van der Waals surface area (Å²) in [6, 6.07) is 25.8. The largest absolute Gasteiger partial charge is 0.279 e. The second kappa shape index (κ2) is 8.74. The van der Waals surface area contributed by atoms with E-state index in [0.717, 1.165) is 35.7 Å². The number of amides is 1. The summed E-state index contributed by atoms with van der Waals surface area (Å²) in [6.45, 7) is 0. The fraction of sp³-hybridized carbons (Fsp3) is 0.154. The molecule has 154 valence electrons. The van der Waals surface area contributed by atoms with Crippen LogP contribution in [0, 0.1) is 0 Å². The van der Waals surface area contributed by atoms with E-state index < -0.39 is 0 Å². The lowest BCUT2D eigenvalue weighted by Crippen LogP contribution is -2.35. The van der Waals surface area contributed by atoms with Gasteiger partial charge in [0.2, 0.25) is 0 Å². The molecule has 5 rings (SSSR count). The third kappa shape index (κ3) is 4.18. The van der Waals surface area contributed by atoms with Gasteiger partial charge in [0.25, 0.3) is 5.91 Å². The van der Waals surface area contributed by atoms with E-state index in [1.807, 2.05) is 65.6 Å². The fourth-order valence-corrected chi connectivity index (χ4v) is 5.32. The summed E-state index contributed by atoms with van der Waals surface area (Å²) < 4.78 is 0. The SMILES string of the molecule is O=C1/C(=C/c2ccc(Cl)cc2)SC(=Nc2ccccc2)N1C1CCCc2ccccc21. The van der Waals surface area contributed by atoms with E-state index in [-0.39, 0.29) is 11.9 Å². The molecule has 3 nitrogen and oxygen atoms in total. The van der Waals surface area contributed by atoms with Gasteiger partial charge in [-0.2, -0.15) is 0 Å². The van der Waals surface area contributed by atoms with Gasteiger partial charge in [-0.1, -0.05) is 66.2 Å². The van der Waals surface area contributed by atoms with E-state index in [1.165, 1.54) is 22.9 Å². The number of thioether (sulfide) groups is 1. The van der Waals surface area contributed by atoms with Gasteiger partial charge in [-0.05, 0) is 78.1 Å². The molecule has 0 aromatic heterocycles. The molecule has 1 atom stereocenters. The van der Waals surface area contributed by atoms with Crippen LogP contribution in [-0.4, -0.2) is 16.0 Å². The summed E-state index contributed by atoms with van der Waals surface area (Å²) in [4.78, 5) is 21.1. The molecule has 3 aromatic rings. The first-order chi connectivity index (χ1) is 15.2. The molecular formula is C26H21ClN2OS. The van der Waals surface area contributed by atoms with E-state index in [1.54, 1.807) is 0 Å². The van der Waals surface area contributed by atoms with Crippen LogP contribution >= 0.6 is 23.4 Å². The Balaban J connectivity index is 1.57. The van der Waals surface area contributed by atoms with Crippen molar-refractivity contribution in [2.75, 3.05) is 0 Å². The molecule has 0 bridgehead atoms. The van der Waals surface area contributed by atoms with Crippen molar-refractivity contribution in [1.29, 1.82) is 0 Å². The summed E-state index contributed by atoms with van der Waals surface area (Å²) in [5.41, 5.74) is 4.35. The summed E-state index contributed by atoms with van der Waals surface area (Å²) >= 11 is 7.47. The average molecular weight is 445 g/mol. The van der Waals surface area contributed by atoms with Crippen LogP contribution < -0.4 is 0 Å². The fourth-order valence-electron chi connectivity index (χ4n) is 4.16. The number of halogens is 1. The molecule has 0 radical (unpaired) electrons. The lowest BCUT2D eigenvalue weighted by atomic mass is 9.87. The van der Waals surface area contributed by atoms with Crippen molar-refractivity contribution in [2.24, 2.45) is 4.99 Å². The van der Waals surface area contributed by atoms with Gasteiger partial charge in [-0.3, -0.25) is 9.69 Å². The Morgan fingerprint density at radius 3 is 2.52 bits per heavy atom. The highest BCUT2D eigenvalue weighted by molar-refractivity contribution is 8.18. The van der Waals surface area contributed by atoms with Gasteiger partial charge in [0.15, 0.2) is 5.17 Å². The van der Waals surface area contributed by atoms with Gasteiger partial charge in [-0.15, -0.1) is 0 Å². The molecule has 0 saturated carbocycles. The highest BCUT2D eigenvalue weighted by Crippen LogP contribution is 2.43. The first-order valence-corrected chi connectivity index (χ1v) is 11.6. The molecule has 1 heterocycles. The Morgan fingerprint density at radius 2 is 1.71 bits per heavy atom. The Hall–Kier alpha value is -2.82. The Bertz CT molecular complexity index is 1170. The lowest BCUT2D eigenvalue weighted by Gasteiger charge is -2.32. The van der Waals surface area contributed by atoms with Crippen molar-refractivity contribution in [3.63, 3.8) is 0 Å². The van der Waals surface area contributed by atoms with Crippen LogP contribution in [0.5, 0.6) is 0 Å².